The monoisotopic (exact) mass is 346 g/mol. The number of hydrogen-bond acceptors (Lipinski definition) is 3. The molecule has 1 atom stereocenters. The number of carbonyl (C=O) groups is 2. The lowest BCUT2D eigenvalue weighted by atomic mass is 9.83. The van der Waals surface area contributed by atoms with E-state index in [1.165, 1.54) is 19.1 Å². The Bertz CT molecular complexity index is 793. The van der Waals surface area contributed by atoms with Gasteiger partial charge in [0.2, 0.25) is 5.91 Å². The number of carbonyl (C=O) groups excluding carboxylic acids is 2. The molecule has 6 nitrogen and oxygen atoms in total. The number of aryl methyl sites for hydroxylation is 1. The van der Waals surface area contributed by atoms with E-state index in [2.05, 4.69) is 15.7 Å². The van der Waals surface area contributed by atoms with Gasteiger partial charge in [-0.15, -0.1) is 0 Å². The van der Waals surface area contributed by atoms with Crippen molar-refractivity contribution in [1.82, 2.24) is 15.1 Å². The summed E-state index contributed by atoms with van der Waals surface area (Å²) in [6, 6.07) is 3.60. The maximum atomic E-state index is 13.8. The smallest absolute Gasteiger partial charge is 0.251 e. The maximum Gasteiger partial charge on any atom is 0.251 e. The van der Waals surface area contributed by atoms with Crippen LogP contribution >= 0.6 is 0 Å². The van der Waals surface area contributed by atoms with E-state index in [4.69, 9.17) is 0 Å². The second kappa shape index (κ2) is 7.04. The summed E-state index contributed by atoms with van der Waals surface area (Å²) in [6.45, 7) is 7.32. The van der Waals surface area contributed by atoms with Crippen LogP contribution in [0.3, 0.4) is 0 Å². The van der Waals surface area contributed by atoms with E-state index in [1.807, 2.05) is 34.0 Å². The van der Waals surface area contributed by atoms with Gasteiger partial charge in [0.15, 0.2) is 0 Å². The first-order chi connectivity index (χ1) is 11.6. The first-order valence-electron chi connectivity index (χ1n) is 7.94. The standard InChI is InChI=1S/C18H23FN4O2/c1-11(24)21-15-8-12(6-7-14(15)19)17(25)22-16(18(2,3)4)13-9-20-23(5)10-13/h6-10,16H,1-5H3,(H,21,24)(H,22,25). The van der Waals surface area contributed by atoms with E-state index < -0.39 is 11.7 Å². The Morgan fingerprint density at radius 3 is 2.48 bits per heavy atom. The zero-order chi connectivity index (χ0) is 18.8. The van der Waals surface area contributed by atoms with Crippen molar-refractivity contribution in [2.75, 3.05) is 5.32 Å². The summed E-state index contributed by atoms with van der Waals surface area (Å²) >= 11 is 0. The molecule has 0 aliphatic rings. The quantitative estimate of drug-likeness (QED) is 0.893. The molecule has 0 saturated heterocycles. The van der Waals surface area contributed by atoms with Crippen LogP contribution in [0.25, 0.3) is 0 Å². The molecule has 2 amide bonds. The number of aromatic nitrogens is 2. The molecule has 0 saturated carbocycles. The van der Waals surface area contributed by atoms with Gasteiger partial charge in [0.05, 0.1) is 17.9 Å². The zero-order valence-corrected chi connectivity index (χ0v) is 15.1. The van der Waals surface area contributed by atoms with Crippen LogP contribution in [-0.4, -0.2) is 21.6 Å². The molecule has 2 N–H and O–H groups in total. The molecule has 0 spiro atoms. The Morgan fingerprint density at radius 2 is 1.96 bits per heavy atom. The minimum atomic E-state index is -0.591. The number of halogens is 1. The highest BCUT2D eigenvalue weighted by molar-refractivity contribution is 5.97. The highest BCUT2D eigenvalue weighted by Gasteiger charge is 2.29. The Morgan fingerprint density at radius 1 is 1.28 bits per heavy atom. The van der Waals surface area contributed by atoms with Crippen molar-refractivity contribution in [3.05, 3.63) is 47.5 Å². The van der Waals surface area contributed by atoms with Crippen molar-refractivity contribution < 1.29 is 14.0 Å². The first kappa shape index (κ1) is 18.6. The van der Waals surface area contributed by atoms with Crippen molar-refractivity contribution in [2.24, 2.45) is 12.5 Å². The lowest BCUT2D eigenvalue weighted by molar-refractivity contribution is -0.114. The third-order valence-corrected chi connectivity index (χ3v) is 3.74. The van der Waals surface area contributed by atoms with Crippen molar-refractivity contribution in [3.63, 3.8) is 0 Å². The second-order valence-electron chi connectivity index (χ2n) is 7.10. The number of anilines is 1. The Labute approximate surface area is 146 Å². The minimum absolute atomic E-state index is 0.0196. The van der Waals surface area contributed by atoms with Gasteiger partial charge in [-0.3, -0.25) is 14.3 Å². The molecule has 0 radical (unpaired) electrons. The fourth-order valence-electron chi connectivity index (χ4n) is 2.56. The number of rotatable bonds is 4. The van der Waals surface area contributed by atoms with Gasteiger partial charge in [0.1, 0.15) is 5.82 Å². The van der Waals surface area contributed by atoms with Crippen molar-refractivity contribution in [1.29, 1.82) is 0 Å². The maximum absolute atomic E-state index is 13.8. The molecule has 0 aliphatic carbocycles. The molecule has 0 aliphatic heterocycles. The van der Waals surface area contributed by atoms with Gasteiger partial charge in [-0.1, -0.05) is 20.8 Å². The molecule has 0 bridgehead atoms. The number of nitrogens with one attached hydrogen (secondary N) is 2. The largest absolute Gasteiger partial charge is 0.345 e. The topological polar surface area (TPSA) is 76.0 Å². The highest BCUT2D eigenvalue weighted by Crippen LogP contribution is 2.32. The van der Waals surface area contributed by atoms with Crippen LogP contribution in [0.15, 0.2) is 30.6 Å². The Hall–Kier alpha value is -2.70. The molecular formula is C18H23FN4O2. The van der Waals surface area contributed by atoms with Gasteiger partial charge in [0.25, 0.3) is 5.91 Å². The molecule has 2 aromatic rings. The van der Waals surface area contributed by atoms with E-state index in [9.17, 15) is 14.0 Å². The van der Waals surface area contributed by atoms with Crippen LogP contribution in [0.5, 0.6) is 0 Å². The van der Waals surface area contributed by atoms with Gasteiger partial charge < -0.3 is 10.6 Å². The fourth-order valence-corrected chi connectivity index (χ4v) is 2.56. The van der Waals surface area contributed by atoms with E-state index >= 15 is 0 Å². The lowest BCUT2D eigenvalue weighted by Gasteiger charge is -2.31. The summed E-state index contributed by atoms with van der Waals surface area (Å²) in [5, 5.41) is 9.51. The van der Waals surface area contributed by atoms with Crippen LogP contribution in [0.4, 0.5) is 10.1 Å². The zero-order valence-electron chi connectivity index (χ0n) is 15.1. The summed E-state index contributed by atoms with van der Waals surface area (Å²) in [5.74, 6) is -1.35. The molecule has 2 rings (SSSR count). The normalized spacial score (nSPS) is 12.6. The fraction of sp³-hybridized carbons (Fsp3) is 0.389. The average Bonchev–Trinajstić information content (AvgIpc) is 2.91. The van der Waals surface area contributed by atoms with E-state index in [-0.39, 0.29) is 28.6 Å². The van der Waals surface area contributed by atoms with Gasteiger partial charge in [0, 0.05) is 31.3 Å². The molecule has 1 heterocycles. The number of amides is 2. The highest BCUT2D eigenvalue weighted by atomic mass is 19.1. The summed E-state index contributed by atoms with van der Waals surface area (Å²) in [5.41, 5.74) is 0.879. The number of benzene rings is 1. The Balaban J connectivity index is 2.28. The predicted molar refractivity (Wildman–Crippen MR) is 93.6 cm³/mol. The minimum Gasteiger partial charge on any atom is -0.345 e. The molecule has 1 aromatic carbocycles. The summed E-state index contributed by atoms with van der Waals surface area (Å²) in [4.78, 5) is 23.8. The molecular weight excluding hydrogens is 323 g/mol. The van der Waals surface area contributed by atoms with Gasteiger partial charge in [-0.25, -0.2) is 4.39 Å². The van der Waals surface area contributed by atoms with Crippen LogP contribution in [0.2, 0.25) is 0 Å². The van der Waals surface area contributed by atoms with Gasteiger partial charge >= 0.3 is 0 Å². The van der Waals surface area contributed by atoms with Crippen LogP contribution < -0.4 is 10.6 Å². The summed E-state index contributed by atoms with van der Waals surface area (Å²) < 4.78 is 15.4. The van der Waals surface area contributed by atoms with Crippen molar-refractivity contribution in [2.45, 2.75) is 33.7 Å². The third kappa shape index (κ3) is 4.65. The molecule has 0 fully saturated rings. The lowest BCUT2D eigenvalue weighted by Crippen LogP contribution is -2.36. The average molecular weight is 346 g/mol. The van der Waals surface area contributed by atoms with Crippen LogP contribution in [0.1, 0.15) is 49.7 Å². The van der Waals surface area contributed by atoms with Crippen LogP contribution in [0, 0.1) is 11.2 Å². The number of nitrogens with zero attached hydrogens (tertiary/aromatic N) is 2. The van der Waals surface area contributed by atoms with Gasteiger partial charge in [-0.05, 0) is 23.6 Å². The third-order valence-electron chi connectivity index (χ3n) is 3.74. The van der Waals surface area contributed by atoms with E-state index in [0.29, 0.717) is 0 Å². The van der Waals surface area contributed by atoms with E-state index in [1.54, 1.807) is 10.9 Å². The summed E-state index contributed by atoms with van der Waals surface area (Å²) in [6.07, 6.45) is 3.56. The van der Waals surface area contributed by atoms with Crippen molar-refractivity contribution >= 4 is 17.5 Å². The summed E-state index contributed by atoms with van der Waals surface area (Å²) in [7, 11) is 1.81. The van der Waals surface area contributed by atoms with Crippen molar-refractivity contribution in [3.8, 4) is 0 Å². The second-order valence-corrected chi connectivity index (χ2v) is 7.10. The van der Waals surface area contributed by atoms with Crippen LogP contribution in [-0.2, 0) is 11.8 Å². The SMILES string of the molecule is CC(=O)Nc1cc(C(=O)NC(c2cnn(C)c2)C(C)(C)C)ccc1F. The molecule has 1 aromatic heterocycles. The first-order valence-corrected chi connectivity index (χ1v) is 7.94. The number of hydrogen-bond donors (Lipinski definition) is 2. The molecule has 7 heteroatoms. The Kier molecular flexibility index (Phi) is 5.25. The molecule has 134 valence electrons. The van der Waals surface area contributed by atoms with E-state index in [0.717, 1.165) is 11.6 Å². The predicted octanol–water partition coefficient (Wildman–Crippen LogP) is 3.03. The van der Waals surface area contributed by atoms with Gasteiger partial charge in [-0.2, -0.15) is 5.10 Å². The molecule has 1 unspecified atom stereocenters. The molecule has 25 heavy (non-hydrogen) atoms.